The summed E-state index contributed by atoms with van der Waals surface area (Å²) in [7, 11) is 0. The van der Waals surface area contributed by atoms with E-state index in [4.69, 9.17) is 0 Å². The average molecular weight is 264 g/mol. The van der Waals surface area contributed by atoms with Gasteiger partial charge in [-0.15, -0.1) is 0 Å². The van der Waals surface area contributed by atoms with Crippen molar-refractivity contribution in [2.24, 2.45) is 5.92 Å². The quantitative estimate of drug-likeness (QED) is 0.904. The van der Waals surface area contributed by atoms with Crippen LogP contribution >= 0.6 is 0 Å². The molecule has 1 fully saturated rings. The highest BCUT2D eigenvalue weighted by Gasteiger charge is 2.25. The Balaban J connectivity index is 1.90. The van der Waals surface area contributed by atoms with E-state index in [1.54, 1.807) is 0 Å². The van der Waals surface area contributed by atoms with Crippen LogP contribution in [0.15, 0.2) is 24.3 Å². The third-order valence-corrected chi connectivity index (χ3v) is 3.55. The molecule has 2 rings (SSSR count). The fraction of sp³-hybridized carbons (Fsp3) is 0.533. The van der Waals surface area contributed by atoms with Gasteiger partial charge in [0.05, 0.1) is 5.92 Å². The third kappa shape index (κ3) is 4.03. The van der Waals surface area contributed by atoms with Crippen LogP contribution in [0, 0.1) is 11.7 Å². The van der Waals surface area contributed by atoms with Crippen molar-refractivity contribution in [2.75, 3.05) is 19.6 Å². The molecule has 1 atom stereocenters. The third-order valence-electron chi connectivity index (χ3n) is 3.55. The minimum Gasteiger partial charge on any atom is -0.356 e. The van der Waals surface area contributed by atoms with Gasteiger partial charge in [0.1, 0.15) is 5.82 Å². The molecule has 1 aliphatic rings. The second-order valence-electron chi connectivity index (χ2n) is 5.10. The van der Waals surface area contributed by atoms with E-state index in [-0.39, 0.29) is 17.6 Å². The molecule has 1 aliphatic heterocycles. The summed E-state index contributed by atoms with van der Waals surface area (Å²) in [4.78, 5) is 14.1. The number of benzene rings is 1. The van der Waals surface area contributed by atoms with Crippen LogP contribution in [-0.4, -0.2) is 30.4 Å². The summed E-state index contributed by atoms with van der Waals surface area (Å²) in [6.45, 7) is 5.22. The second-order valence-corrected chi connectivity index (χ2v) is 5.10. The van der Waals surface area contributed by atoms with E-state index < -0.39 is 0 Å². The lowest BCUT2D eigenvalue weighted by molar-refractivity contribution is -0.126. The lowest BCUT2D eigenvalue weighted by Gasteiger charge is -2.31. The summed E-state index contributed by atoms with van der Waals surface area (Å²) in [5.41, 5.74) is 1.10. The van der Waals surface area contributed by atoms with Crippen LogP contribution in [-0.2, 0) is 11.3 Å². The number of carbonyl (C=O) groups excluding carboxylic acids is 1. The highest BCUT2D eigenvalue weighted by atomic mass is 19.1. The fourth-order valence-electron chi connectivity index (χ4n) is 2.58. The van der Waals surface area contributed by atoms with Crippen molar-refractivity contribution in [1.29, 1.82) is 0 Å². The van der Waals surface area contributed by atoms with Crippen molar-refractivity contribution < 1.29 is 9.18 Å². The normalized spacial score (nSPS) is 20.2. The maximum atomic E-state index is 12.9. The lowest BCUT2D eigenvalue weighted by Crippen LogP contribution is -2.42. The topological polar surface area (TPSA) is 32.3 Å². The van der Waals surface area contributed by atoms with Crippen molar-refractivity contribution >= 4 is 5.91 Å². The Labute approximate surface area is 113 Å². The first-order valence-corrected chi connectivity index (χ1v) is 6.93. The summed E-state index contributed by atoms with van der Waals surface area (Å²) in [6, 6.07) is 6.59. The van der Waals surface area contributed by atoms with Gasteiger partial charge in [-0.3, -0.25) is 9.69 Å². The Morgan fingerprint density at radius 1 is 1.42 bits per heavy atom. The zero-order valence-electron chi connectivity index (χ0n) is 11.4. The zero-order valence-corrected chi connectivity index (χ0v) is 11.4. The van der Waals surface area contributed by atoms with Gasteiger partial charge >= 0.3 is 0 Å². The molecule has 104 valence electrons. The van der Waals surface area contributed by atoms with E-state index in [0.717, 1.165) is 38.0 Å². The van der Waals surface area contributed by atoms with Crippen molar-refractivity contribution in [2.45, 2.75) is 26.3 Å². The summed E-state index contributed by atoms with van der Waals surface area (Å²) in [5.74, 6) is 0.0445. The lowest BCUT2D eigenvalue weighted by atomic mass is 9.96. The van der Waals surface area contributed by atoms with E-state index in [2.05, 4.69) is 10.2 Å². The number of hydrogen-bond acceptors (Lipinski definition) is 2. The number of rotatable bonds is 4. The van der Waals surface area contributed by atoms with Crippen molar-refractivity contribution in [3.63, 3.8) is 0 Å². The molecule has 1 amide bonds. The first-order chi connectivity index (χ1) is 9.19. The Morgan fingerprint density at radius 3 is 2.84 bits per heavy atom. The molecule has 0 aromatic heterocycles. The fourth-order valence-corrected chi connectivity index (χ4v) is 2.58. The van der Waals surface area contributed by atoms with Crippen LogP contribution in [0.25, 0.3) is 0 Å². The van der Waals surface area contributed by atoms with Gasteiger partial charge in [0, 0.05) is 19.6 Å². The number of amides is 1. The van der Waals surface area contributed by atoms with Crippen molar-refractivity contribution in [3.8, 4) is 0 Å². The SMILES string of the molecule is CCNC(=O)C1CCCN(Cc2ccc(F)cc2)C1. The minimum atomic E-state index is -0.206. The molecular weight excluding hydrogens is 243 g/mol. The molecule has 0 bridgehead atoms. The van der Waals surface area contributed by atoms with E-state index >= 15 is 0 Å². The monoisotopic (exact) mass is 264 g/mol. The molecule has 1 N–H and O–H groups in total. The highest BCUT2D eigenvalue weighted by Crippen LogP contribution is 2.18. The number of hydrogen-bond donors (Lipinski definition) is 1. The molecular formula is C15H21FN2O. The Kier molecular flexibility index (Phi) is 4.91. The number of carbonyl (C=O) groups is 1. The van der Waals surface area contributed by atoms with Crippen molar-refractivity contribution in [3.05, 3.63) is 35.6 Å². The predicted molar refractivity (Wildman–Crippen MR) is 73.1 cm³/mol. The standard InChI is InChI=1S/C15H21FN2O/c1-2-17-15(19)13-4-3-9-18(11-13)10-12-5-7-14(16)8-6-12/h5-8,13H,2-4,9-11H2,1H3,(H,17,19). The van der Waals surface area contributed by atoms with Gasteiger partial charge in [-0.2, -0.15) is 0 Å². The Bertz CT molecular complexity index is 419. The van der Waals surface area contributed by atoms with E-state index in [9.17, 15) is 9.18 Å². The van der Waals surface area contributed by atoms with Crippen LogP contribution in [0.3, 0.4) is 0 Å². The number of halogens is 1. The maximum absolute atomic E-state index is 12.9. The molecule has 0 aliphatic carbocycles. The molecule has 4 heteroatoms. The van der Waals surface area contributed by atoms with Crippen LogP contribution < -0.4 is 5.32 Å². The summed E-state index contributed by atoms with van der Waals surface area (Å²) in [5, 5.41) is 2.89. The van der Waals surface area contributed by atoms with Crippen LogP contribution in [0.5, 0.6) is 0 Å². The number of nitrogens with one attached hydrogen (secondary N) is 1. The molecule has 1 heterocycles. The minimum absolute atomic E-state index is 0.0918. The maximum Gasteiger partial charge on any atom is 0.224 e. The molecule has 0 radical (unpaired) electrons. The van der Waals surface area contributed by atoms with E-state index in [0.29, 0.717) is 6.54 Å². The number of piperidine rings is 1. The summed E-state index contributed by atoms with van der Waals surface area (Å²) < 4.78 is 12.9. The van der Waals surface area contributed by atoms with Crippen LogP contribution in [0.2, 0.25) is 0 Å². The van der Waals surface area contributed by atoms with Crippen LogP contribution in [0.4, 0.5) is 4.39 Å². The zero-order chi connectivity index (χ0) is 13.7. The predicted octanol–water partition coefficient (Wildman–Crippen LogP) is 2.17. The molecule has 0 spiro atoms. The molecule has 1 aromatic rings. The van der Waals surface area contributed by atoms with Gasteiger partial charge in [-0.1, -0.05) is 12.1 Å². The first-order valence-electron chi connectivity index (χ1n) is 6.93. The average Bonchev–Trinajstić information content (AvgIpc) is 2.42. The molecule has 19 heavy (non-hydrogen) atoms. The second kappa shape index (κ2) is 6.66. The molecule has 0 saturated carbocycles. The number of nitrogens with zero attached hydrogens (tertiary/aromatic N) is 1. The van der Waals surface area contributed by atoms with Crippen molar-refractivity contribution in [1.82, 2.24) is 10.2 Å². The van der Waals surface area contributed by atoms with Gasteiger partial charge in [0.2, 0.25) is 5.91 Å². The van der Waals surface area contributed by atoms with E-state index in [1.165, 1.54) is 12.1 Å². The van der Waals surface area contributed by atoms with Gasteiger partial charge < -0.3 is 5.32 Å². The van der Waals surface area contributed by atoms with Gasteiger partial charge in [-0.05, 0) is 44.0 Å². The van der Waals surface area contributed by atoms with Gasteiger partial charge in [0.15, 0.2) is 0 Å². The van der Waals surface area contributed by atoms with E-state index in [1.807, 2.05) is 19.1 Å². The molecule has 1 aromatic carbocycles. The molecule has 1 unspecified atom stereocenters. The summed E-state index contributed by atoms with van der Waals surface area (Å²) >= 11 is 0. The van der Waals surface area contributed by atoms with Gasteiger partial charge in [0.25, 0.3) is 0 Å². The largest absolute Gasteiger partial charge is 0.356 e. The Hall–Kier alpha value is -1.42. The highest BCUT2D eigenvalue weighted by molar-refractivity contribution is 5.78. The van der Waals surface area contributed by atoms with Crippen LogP contribution in [0.1, 0.15) is 25.3 Å². The number of likely N-dealkylation sites (tertiary alicyclic amines) is 1. The molecule has 1 saturated heterocycles. The van der Waals surface area contributed by atoms with Gasteiger partial charge in [-0.25, -0.2) is 4.39 Å². The smallest absolute Gasteiger partial charge is 0.224 e. The first kappa shape index (κ1) is 14.0. The summed E-state index contributed by atoms with van der Waals surface area (Å²) in [6.07, 6.45) is 2.01. The Morgan fingerprint density at radius 2 is 2.16 bits per heavy atom. The molecule has 3 nitrogen and oxygen atoms in total.